The summed E-state index contributed by atoms with van der Waals surface area (Å²) in [6.07, 6.45) is -0.433. The molecule has 2 amide bonds. The second kappa shape index (κ2) is 11.5. The van der Waals surface area contributed by atoms with Crippen molar-refractivity contribution in [1.29, 1.82) is 0 Å². The number of benzene rings is 3. The van der Waals surface area contributed by atoms with Gasteiger partial charge in [0.05, 0.1) is 13.7 Å². The lowest BCUT2D eigenvalue weighted by Crippen LogP contribution is -2.31. The minimum atomic E-state index is -0.566. The van der Waals surface area contributed by atoms with E-state index in [-0.39, 0.29) is 5.56 Å². The van der Waals surface area contributed by atoms with Crippen LogP contribution in [0.3, 0.4) is 0 Å². The topological polar surface area (TPSA) is 85.9 Å². The Balaban J connectivity index is 1.89. The molecule has 0 saturated carbocycles. The summed E-state index contributed by atoms with van der Waals surface area (Å²) in [5.41, 5.74) is 2.52. The minimum absolute atomic E-state index is 0.207. The van der Waals surface area contributed by atoms with Gasteiger partial charge in [-0.15, -0.1) is 0 Å². The molecule has 2 N–H and O–H groups in total. The van der Waals surface area contributed by atoms with E-state index >= 15 is 0 Å². The third kappa shape index (κ3) is 6.09. The third-order valence-corrected chi connectivity index (χ3v) is 4.68. The molecule has 0 heterocycles. The van der Waals surface area contributed by atoms with Crippen molar-refractivity contribution in [3.8, 4) is 5.75 Å². The van der Waals surface area contributed by atoms with E-state index in [1.54, 1.807) is 19.2 Å². The summed E-state index contributed by atoms with van der Waals surface area (Å²) in [5, 5.41) is 5.36. The van der Waals surface area contributed by atoms with Gasteiger partial charge in [-0.25, -0.2) is 9.59 Å². The molecule has 3 aromatic carbocycles. The van der Waals surface area contributed by atoms with Gasteiger partial charge in [-0.05, 0) is 29.3 Å². The second-order valence-corrected chi connectivity index (χ2v) is 6.90. The summed E-state index contributed by atoms with van der Waals surface area (Å²) in [5.74, 6) is -0.219. The molecule has 7 heteroatoms. The van der Waals surface area contributed by atoms with E-state index < -0.39 is 18.1 Å². The van der Waals surface area contributed by atoms with Gasteiger partial charge >= 0.3 is 12.0 Å². The summed E-state index contributed by atoms with van der Waals surface area (Å²) in [4.78, 5) is 24.5. The molecule has 3 aromatic rings. The van der Waals surface area contributed by atoms with E-state index in [2.05, 4.69) is 10.6 Å². The number of methoxy groups -OCH3 is 2. The molecule has 0 aliphatic carbocycles. The Morgan fingerprint density at radius 1 is 0.875 bits per heavy atom. The predicted octanol–water partition coefficient (Wildman–Crippen LogP) is 4.41. The number of amides is 2. The molecule has 32 heavy (non-hydrogen) atoms. The van der Waals surface area contributed by atoms with Gasteiger partial charge in [-0.3, -0.25) is 0 Å². The highest BCUT2D eigenvalue weighted by Crippen LogP contribution is 2.32. The average Bonchev–Trinajstić information content (AvgIpc) is 2.84. The molecular weight excluding hydrogens is 408 g/mol. The predicted molar refractivity (Wildman–Crippen MR) is 122 cm³/mol. The Hall–Kier alpha value is -3.84. The van der Waals surface area contributed by atoms with Crippen molar-refractivity contribution in [2.45, 2.75) is 6.10 Å². The summed E-state index contributed by atoms with van der Waals surface area (Å²) in [6.45, 7) is 0.761. The highest BCUT2D eigenvalue weighted by molar-refractivity contribution is 5.96. The number of esters is 1. The quantitative estimate of drug-likeness (QED) is 0.385. The summed E-state index contributed by atoms with van der Waals surface area (Å²) in [6, 6.07) is 23.9. The second-order valence-electron chi connectivity index (χ2n) is 6.90. The highest BCUT2D eigenvalue weighted by atomic mass is 16.5. The molecule has 0 fully saturated rings. The van der Waals surface area contributed by atoms with Crippen LogP contribution in [0.15, 0.2) is 78.9 Å². The number of hydrogen-bond donors (Lipinski definition) is 2. The maximum atomic E-state index is 12.5. The van der Waals surface area contributed by atoms with Crippen molar-refractivity contribution < 1.29 is 23.8 Å². The monoisotopic (exact) mass is 434 g/mol. The zero-order valence-electron chi connectivity index (χ0n) is 18.0. The maximum absolute atomic E-state index is 12.5. The Bertz CT molecular complexity index is 986. The van der Waals surface area contributed by atoms with E-state index in [9.17, 15) is 9.59 Å². The smallest absolute Gasteiger partial charge is 0.341 e. The Labute approximate surface area is 187 Å². The first-order valence-electron chi connectivity index (χ1n) is 10.1. The molecule has 0 unspecified atom stereocenters. The van der Waals surface area contributed by atoms with Crippen molar-refractivity contribution in [3.63, 3.8) is 0 Å². The first kappa shape index (κ1) is 22.8. The number of urea groups is 1. The molecule has 0 aliphatic heterocycles. The molecule has 0 spiro atoms. The van der Waals surface area contributed by atoms with Gasteiger partial charge in [-0.1, -0.05) is 60.7 Å². The Kier molecular flexibility index (Phi) is 8.22. The highest BCUT2D eigenvalue weighted by Gasteiger charge is 2.21. The van der Waals surface area contributed by atoms with Gasteiger partial charge < -0.3 is 24.8 Å². The number of carbonyl (C=O) groups excluding carboxylic acids is 2. The number of hydrogen-bond acceptors (Lipinski definition) is 5. The molecule has 3 rings (SSSR count). The van der Waals surface area contributed by atoms with Gasteiger partial charge in [0.2, 0.25) is 0 Å². The summed E-state index contributed by atoms with van der Waals surface area (Å²) >= 11 is 0. The fraction of sp³-hybridized carbons (Fsp3) is 0.200. The molecule has 7 nitrogen and oxygen atoms in total. The van der Waals surface area contributed by atoms with Crippen molar-refractivity contribution in [3.05, 3.63) is 95.6 Å². The molecule has 0 aromatic heterocycles. The van der Waals surface area contributed by atoms with Crippen LogP contribution >= 0.6 is 0 Å². The van der Waals surface area contributed by atoms with Crippen LogP contribution in [-0.2, 0) is 9.47 Å². The lowest BCUT2D eigenvalue weighted by Gasteiger charge is -2.22. The van der Waals surface area contributed by atoms with Crippen molar-refractivity contribution in [2.75, 3.05) is 32.7 Å². The lowest BCUT2D eigenvalue weighted by atomic mass is 10.0. The number of rotatable bonds is 9. The largest absolute Gasteiger partial charge is 0.480 e. The molecule has 166 valence electrons. The van der Waals surface area contributed by atoms with Gasteiger partial charge in [0, 0.05) is 19.3 Å². The number of anilines is 1. The SMILES string of the molecule is COCCNC(=O)Nc1ccc(OC(c2ccccc2)c2ccccc2)c(C(=O)OC)c1. The zero-order chi connectivity index (χ0) is 22.8. The fourth-order valence-electron chi connectivity index (χ4n) is 3.13. The van der Waals surface area contributed by atoms with Gasteiger partial charge in [0.1, 0.15) is 17.4 Å². The molecule has 0 saturated heterocycles. The van der Waals surface area contributed by atoms with E-state index in [4.69, 9.17) is 14.2 Å². The standard InChI is InChI=1S/C25H26N2O5/c1-30-16-15-26-25(29)27-20-13-14-22(21(17-20)24(28)31-2)32-23(18-9-5-3-6-10-18)19-11-7-4-8-12-19/h3-14,17,23H,15-16H2,1-2H3,(H2,26,27,29). The van der Waals surface area contributed by atoms with Crippen LogP contribution in [-0.4, -0.2) is 39.4 Å². The molecule has 0 atom stereocenters. The Morgan fingerprint density at radius 2 is 1.50 bits per heavy atom. The van der Waals surface area contributed by atoms with Crippen LogP contribution in [0.5, 0.6) is 5.75 Å². The molecule has 0 radical (unpaired) electrons. The van der Waals surface area contributed by atoms with Crippen LogP contribution in [0.4, 0.5) is 10.5 Å². The van der Waals surface area contributed by atoms with Crippen LogP contribution in [0.2, 0.25) is 0 Å². The van der Waals surface area contributed by atoms with Gasteiger partial charge in [0.25, 0.3) is 0 Å². The molecule has 0 bridgehead atoms. The van der Waals surface area contributed by atoms with E-state index in [1.807, 2.05) is 60.7 Å². The molecule has 0 aliphatic rings. The first-order valence-corrected chi connectivity index (χ1v) is 10.1. The van der Waals surface area contributed by atoms with Crippen molar-refractivity contribution in [2.24, 2.45) is 0 Å². The fourth-order valence-corrected chi connectivity index (χ4v) is 3.13. The maximum Gasteiger partial charge on any atom is 0.341 e. The number of nitrogens with one attached hydrogen (secondary N) is 2. The number of ether oxygens (including phenoxy) is 3. The summed E-state index contributed by atoms with van der Waals surface area (Å²) < 4.78 is 16.2. The van der Waals surface area contributed by atoms with E-state index in [1.165, 1.54) is 13.2 Å². The third-order valence-electron chi connectivity index (χ3n) is 4.68. The first-order chi connectivity index (χ1) is 15.6. The van der Waals surface area contributed by atoms with E-state index in [0.717, 1.165) is 11.1 Å². The van der Waals surface area contributed by atoms with Crippen LogP contribution in [0.25, 0.3) is 0 Å². The van der Waals surface area contributed by atoms with Gasteiger partial charge in [0.15, 0.2) is 0 Å². The average molecular weight is 434 g/mol. The van der Waals surface area contributed by atoms with Crippen molar-refractivity contribution in [1.82, 2.24) is 5.32 Å². The van der Waals surface area contributed by atoms with Gasteiger partial charge in [-0.2, -0.15) is 0 Å². The van der Waals surface area contributed by atoms with E-state index in [0.29, 0.717) is 24.6 Å². The van der Waals surface area contributed by atoms with Crippen LogP contribution in [0.1, 0.15) is 27.6 Å². The van der Waals surface area contributed by atoms with Crippen LogP contribution < -0.4 is 15.4 Å². The van der Waals surface area contributed by atoms with Crippen LogP contribution in [0, 0.1) is 0 Å². The molecular formula is C25H26N2O5. The normalized spacial score (nSPS) is 10.5. The summed E-state index contributed by atoms with van der Waals surface area (Å²) in [7, 11) is 2.86. The minimum Gasteiger partial charge on any atom is -0.480 e. The Morgan fingerprint density at radius 3 is 2.06 bits per heavy atom. The lowest BCUT2D eigenvalue weighted by molar-refractivity contribution is 0.0594. The van der Waals surface area contributed by atoms with Crippen molar-refractivity contribution >= 4 is 17.7 Å². The number of carbonyl (C=O) groups is 2. The zero-order valence-corrected chi connectivity index (χ0v) is 18.0.